The van der Waals surface area contributed by atoms with Crippen LogP contribution in [0.3, 0.4) is 0 Å². The van der Waals surface area contributed by atoms with E-state index >= 15 is 0 Å². The Morgan fingerprint density at radius 2 is 2.24 bits per heavy atom. The minimum atomic E-state index is -0.960. The summed E-state index contributed by atoms with van der Waals surface area (Å²) in [6, 6.07) is 1.85. The first-order valence-electron chi connectivity index (χ1n) is 5.18. The molecule has 0 saturated heterocycles. The molecule has 0 aromatic carbocycles. The molecule has 2 aromatic heterocycles. The van der Waals surface area contributed by atoms with Crippen LogP contribution in [-0.2, 0) is 0 Å². The maximum Gasteiger partial charge on any atom is 0.137 e. The topological polar surface area (TPSA) is 69.1 Å². The second-order valence-electron chi connectivity index (χ2n) is 3.78. The summed E-state index contributed by atoms with van der Waals surface area (Å²) in [5.74, 6) is 0.308. The van der Waals surface area contributed by atoms with Gasteiger partial charge in [-0.05, 0) is 28.4 Å². The van der Waals surface area contributed by atoms with Gasteiger partial charge in [-0.3, -0.25) is 0 Å². The maximum atomic E-state index is 10.0. The summed E-state index contributed by atoms with van der Waals surface area (Å²) < 4.78 is 0.824. The molecule has 0 radical (unpaired) electrons. The van der Waals surface area contributed by atoms with Crippen LogP contribution in [0.4, 0.5) is 0 Å². The summed E-state index contributed by atoms with van der Waals surface area (Å²) in [5, 5.41) is 20.6. The SMILES string of the molecule is OC(CCCl)C(O)c1c[nH]c2ncc(Br)cc12. The minimum absolute atomic E-state index is 0.308. The van der Waals surface area contributed by atoms with Crippen LogP contribution >= 0.6 is 27.5 Å². The van der Waals surface area contributed by atoms with Crippen LogP contribution in [0.1, 0.15) is 18.1 Å². The molecule has 0 spiro atoms. The van der Waals surface area contributed by atoms with Gasteiger partial charge in [-0.25, -0.2) is 4.98 Å². The molecule has 0 bridgehead atoms. The number of aromatic amines is 1. The van der Waals surface area contributed by atoms with Crippen molar-refractivity contribution in [2.75, 3.05) is 5.88 Å². The van der Waals surface area contributed by atoms with E-state index in [-0.39, 0.29) is 0 Å². The monoisotopic (exact) mass is 318 g/mol. The standard InChI is InChI=1S/C11H12BrClN2O2/c12-6-3-7-8(5-15-11(7)14-4-6)10(17)9(16)1-2-13/h3-5,9-10,16-17H,1-2H2,(H,14,15). The fraction of sp³-hybridized carbons (Fsp3) is 0.364. The molecule has 2 atom stereocenters. The predicted octanol–water partition coefficient (Wildman–Crippen LogP) is 2.35. The highest BCUT2D eigenvalue weighted by Gasteiger charge is 2.21. The number of aliphatic hydroxyl groups is 2. The van der Waals surface area contributed by atoms with E-state index in [1.165, 1.54) is 0 Å². The van der Waals surface area contributed by atoms with E-state index in [0.29, 0.717) is 23.5 Å². The molecule has 3 N–H and O–H groups in total. The minimum Gasteiger partial charge on any atom is -0.390 e. The lowest BCUT2D eigenvalue weighted by Crippen LogP contribution is -2.18. The number of alkyl halides is 1. The van der Waals surface area contributed by atoms with E-state index in [2.05, 4.69) is 25.9 Å². The first kappa shape index (κ1) is 12.8. The number of pyridine rings is 1. The number of aromatic nitrogens is 2. The van der Waals surface area contributed by atoms with Crippen LogP contribution in [0, 0.1) is 0 Å². The van der Waals surface area contributed by atoms with E-state index < -0.39 is 12.2 Å². The van der Waals surface area contributed by atoms with Gasteiger partial charge in [-0.1, -0.05) is 0 Å². The first-order chi connectivity index (χ1) is 8.13. The van der Waals surface area contributed by atoms with E-state index in [9.17, 15) is 10.2 Å². The molecule has 92 valence electrons. The summed E-state index contributed by atoms with van der Waals surface area (Å²) >= 11 is 8.87. The number of aliphatic hydroxyl groups excluding tert-OH is 2. The molecule has 0 aliphatic carbocycles. The fourth-order valence-corrected chi connectivity index (χ4v) is 2.27. The predicted molar refractivity (Wildman–Crippen MR) is 70.1 cm³/mol. The quantitative estimate of drug-likeness (QED) is 0.758. The van der Waals surface area contributed by atoms with E-state index in [0.717, 1.165) is 9.86 Å². The zero-order valence-electron chi connectivity index (χ0n) is 8.90. The molecule has 17 heavy (non-hydrogen) atoms. The summed E-state index contributed by atoms with van der Waals surface area (Å²) in [6.07, 6.45) is 1.84. The number of nitrogens with zero attached hydrogens (tertiary/aromatic N) is 1. The highest BCUT2D eigenvalue weighted by atomic mass is 79.9. The number of H-pyrrole nitrogens is 1. The maximum absolute atomic E-state index is 10.0. The van der Waals surface area contributed by atoms with Crippen LogP contribution < -0.4 is 0 Å². The van der Waals surface area contributed by atoms with Gasteiger partial charge in [0.1, 0.15) is 11.8 Å². The second-order valence-corrected chi connectivity index (χ2v) is 5.08. The van der Waals surface area contributed by atoms with Gasteiger partial charge in [0.25, 0.3) is 0 Å². The number of hydrogen-bond acceptors (Lipinski definition) is 3. The van der Waals surface area contributed by atoms with Crippen molar-refractivity contribution in [2.45, 2.75) is 18.6 Å². The van der Waals surface area contributed by atoms with Gasteiger partial charge in [-0.15, -0.1) is 11.6 Å². The summed E-state index contributed by atoms with van der Waals surface area (Å²) in [7, 11) is 0. The third kappa shape index (κ3) is 2.63. The van der Waals surface area contributed by atoms with Crippen LogP contribution in [0.25, 0.3) is 11.0 Å². The number of rotatable bonds is 4. The van der Waals surface area contributed by atoms with Gasteiger partial charge in [0.05, 0.1) is 6.10 Å². The molecule has 2 rings (SSSR count). The summed E-state index contributed by atoms with van der Waals surface area (Å²) in [5.41, 5.74) is 1.31. The Morgan fingerprint density at radius 1 is 1.47 bits per heavy atom. The Labute approximate surface area is 112 Å². The van der Waals surface area contributed by atoms with Crippen LogP contribution in [-0.4, -0.2) is 32.2 Å². The van der Waals surface area contributed by atoms with Gasteiger partial charge in [0, 0.05) is 33.7 Å². The molecule has 0 amide bonds. The van der Waals surface area contributed by atoms with Gasteiger partial charge in [0.15, 0.2) is 0 Å². The molecule has 4 nitrogen and oxygen atoms in total. The first-order valence-corrected chi connectivity index (χ1v) is 6.51. The lowest BCUT2D eigenvalue weighted by molar-refractivity contribution is 0.0178. The highest BCUT2D eigenvalue weighted by molar-refractivity contribution is 9.10. The second kappa shape index (κ2) is 5.35. The molecular formula is C11H12BrClN2O2. The molecular weight excluding hydrogens is 307 g/mol. The van der Waals surface area contributed by atoms with Crippen molar-refractivity contribution in [3.8, 4) is 0 Å². The molecule has 2 unspecified atom stereocenters. The molecule has 0 fully saturated rings. The van der Waals surface area contributed by atoms with Crippen molar-refractivity contribution < 1.29 is 10.2 Å². The molecule has 0 saturated carbocycles. The average Bonchev–Trinajstić information content (AvgIpc) is 2.71. The molecule has 0 aliphatic heterocycles. The average molecular weight is 320 g/mol. The third-order valence-electron chi connectivity index (χ3n) is 2.62. The van der Waals surface area contributed by atoms with Crippen molar-refractivity contribution in [2.24, 2.45) is 0 Å². The van der Waals surface area contributed by atoms with E-state index in [4.69, 9.17) is 11.6 Å². The van der Waals surface area contributed by atoms with Gasteiger partial charge in [-0.2, -0.15) is 0 Å². The fourth-order valence-electron chi connectivity index (χ4n) is 1.72. The molecule has 0 aliphatic rings. The summed E-state index contributed by atoms with van der Waals surface area (Å²) in [6.45, 7) is 0. The zero-order chi connectivity index (χ0) is 12.4. The van der Waals surface area contributed by atoms with Gasteiger partial charge in [0.2, 0.25) is 0 Å². The van der Waals surface area contributed by atoms with E-state index in [1.807, 2.05) is 6.07 Å². The Morgan fingerprint density at radius 3 is 2.94 bits per heavy atom. The Bertz CT molecular complexity index is 517. The number of fused-ring (bicyclic) bond motifs is 1. The zero-order valence-corrected chi connectivity index (χ0v) is 11.2. The Kier molecular flexibility index (Phi) is 4.04. The Hall–Kier alpha value is -0.620. The smallest absolute Gasteiger partial charge is 0.137 e. The largest absolute Gasteiger partial charge is 0.390 e. The van der Waals surface area contributed by atoms with Crippen molar-refractivity contribution in [3.05, 3.63) is 28.5 Å². The molecule has 2 heterocycles. The van der Waals surface area contributed by atoms with Gasteiger partial charge < -0.3 is 15.2 Å². The van der Waals surface area contributed by atoms with Crippen LogP contribution in [0.2, 0.25) is 0 Å². The summed E-state index contributed by atoms with van der Waals surface area (Å²) in [4.78, 5) is 7.13. The van der Waals surface area contributed by atoms with Crippen molar-refractivity contribution in [3.63, 3.8) is 0 Å². The van der Waals surface area contributed by atoms with Crippen molar-refractivity contribution in [1.82, 2.24) is 9.97 Å². The lowest BCUT2D eigenvalue weighted by Gasteiger charge is -2.16. The molecule has 6 heteroatoms. The number of nitrogens with one attached hydrogen (secondary N) is 1. The van der Waals surface area contributed by atoms with E-state index in [1.54, 1.807) is 12.4 Å². The highest BCUT2D eigenvalue weighted by Crippen LogP contribution is 2.28. The third-order valence-corrected chi connectivity index (χ3v) is 3.27. The lowest BCUT2D eigenvalue weighted by atomic mass is 10.0. The van der Waals surface area contributed by atoms with Crippen molar-refractivity contribution >= 4 is 38.6 Å². The van der Waals surface area contributed by atoms with Gasteiger partial charge >= 0.3 is 0 Å². The van der Waals surface area contributed by atoms with Crippen LogP contribution in [0.5, 0.6) is 0 Å². The number of halogens is 2. The number of hydrogen-bond donors (Lipinski definition) is 3. The normalized spacial score (nSPS) is 15.1. The van der Waals surface area contributed by atoms with Crippen LogP contribution in [0.15, 0.2) is 22.9 Å². The van der Waals surface area contributed by atoms with Crippen molar-refractivity contribution in [1.29, 1.82) is 0 Å². The Balaban J connectivity index is 2.38. The molecule has 2 aromatic rings.